The number of nitrogens with zero attached hydrogens (tertiary/aromatic N) is 1. The number of ether oxygens (including phenoxy) is 3. The number of methoxy groups -OCH3 is 2. The highest BCUT2D eigenvalue weighted by Gasteiger charge is 2.54. The number of fused-ring (bicyclic) bond motifs is 2. The summed E-state index contributed by atoms with van der Waals surface area (Å²) in [6, 6.07) is 15.8. The predicted molar refractivity (Wildman–Crippen MR) is 138 cm³/mol. The molecule has 2 aromatic rings. The highest BCUT2D eigenvalue weighted by atomic mass is 16.5. The fraction of sp³-hybridized carbons (Fsp3) is 0.517. The third-order valence-corrected chi connectivity index (χ3v) is 7.58. The van der Waals surface area contributed by atoms with Gasteiger partial charge in [-0.3, -0.25) is 9.59 Å². The quantitative estimate of drug-likeness (QED) is 0.539. The van der Waals surface area contributed by atoms with Gasteiger partial charge in [-0.15, -0.1) is 0 Å². The number of carbonyl (C=O) groups is 2. The third kappa shape index (κ3) is 5.27. The molecule has 1 heterocycles. The number of piperidine rings is 1. The molecule has 1 N–H and O–H groups in total. The van der Waals surface area contributed by atoms with E-state index in [1.807, 2.05) is 49.1 Å². The Morgan fingerprint density at radius 2 is 1.81 bits per heavy atom. The van der Waals surface area contributed by atoms with E-state index in [0.29, 0.717) is 32.7 Å². The van der Waals surface area contributed by atoms with Gasteiger partial charge in [-0.1, -0.05) is 50.2 Å². The highest BCUT2D eigenvalue weighted by Crippen LogP contribution is 2.52. The first kappa shape index (κ1) is 26.2. The minimum Gasteiger partial charge on any atom is -0.497 e. The van der Waals surface area contributed by atoms with E-state index < -0.39 is 0 Å². The zero-order chi connectivity index (χ0) is 25.7. The van der Waals surface area contributed by atoms with Crippen molar-refractivity contribution in [2.75, 3.05) is 40.5 Å². The summed E-state index contributed by atoms with van der Waals surface area (Å²) in [4.78, 5) is 27.9. The molecule has 1 spiro atoms. The van der Waals surface area contributed by atoms with Crippen molar-refractivity contribution in [1.29, 1.82) is 0 Å². The molecule has 1 aliphatic heterocycles. The lowest BCUT2D eigenvalue weighted by Gasteiger charge is -2.44. The standard InChI is InChI=1S/C29H38N2O5/c1-20(2)28(33)30-26-23-10-5-6-11-24(23)29(27(26)36-17-16-34-3)12-14-31(15-13-29)25(32)19-21-8-7-9-22(18-21)35-4/h5-11,18,20,26-27H,12-17,19H2,1-4H3,(H,30,33)/t26-,27+/m0/s1. The molecule has 2 aromatic carbocycles. The third-order valence-electron chi connectivity index (χ3n) is 7.58. The number of carbonyl (C=O) groups excluding carboxylic acids is 2. The lowest BCUT2D eigenvalue weighted by Crippen LogP contribution is -2.52. The van der Waals surface area contributed by atoms with Gasteiger partial charge in [0.15, 0.2) is 0 Å². The summed E-state index contributed by atoms with van der Waals surface area (Å²) in [7, 11) is 3.29. The lowest BCUT2D eigenvalue weighted by molar-refractivity contribution is -0.134. The van der Waals surface area contributed by atoms with Gasteiger partial charge in [0.25, 0.3) is 0 Å². The summed E-state index contributed by atoms with van der Waals surface area (Å²) in [6.45, 7) is 6.03. The number of nitrogens with one attached hydrogen (secondary N) is 1. The topological polar surface area (TPSA) is 77.1 Å². The Morgan fingerprint density at radius 1 is 1.06 bits per heavy atom. The Morgan fingerprint density at radius 3 is 2.50 bits per heavy atom. The van der Waals surface area contributed by atoms with Crippen LogP contribution in [0.4, 0.5) is 0 Å². The van der Waals surface area contributed by atoms with E-state index in [1.54, 1.807) is 14.2 Å². The molecule has 36 heavy (non-hydrogen) atoms. The zero-order valence-electron chi connectivity index (χ0n) is 21.8. The first-order chi connectivity index (χ1) is 17.4. The molecule has 194 valence electrons. The van der Waals surface area contributed by atoms with Crippen molar-refractivity contribution in [3.8, 4) is 5.75 Å². The van der Waals surface area contributed by atoms with Gasteiger partial charge >= 0.3 is 0 Å². The minimum absolute atomic E-state index is 0.0121. The zero-order valence-corrected chi connectivity index (χ0v) is 21.8. The van der Waals surface area contributed by atoms with Gasteiger partial charge in [0, 0.05) is 31.5 Å². The van der Waals surface area contributed by atoms with Crippen LogP contribution in [0.3, 0.4) is 0 Å². The highest BCUT2D eigenvalue weighted by molar-refractivity contribution is 5.80. The summed E-state index contributed by atoms with van der Waals surface area (Å²) >= 11 is 0. The number of rotatable bonds is 9. The monoisotopic (exact) mass is 494 g/mol. The summed E-state index contributed by atoms with van der Waals surface area (Å²) in [5.74, 6) is 0.763. The molecule has 1 fully saturated rings. The van der Waals surface area contributed by atoms with Crippen LogP contribution in [0.5, 0.6) is 5.75 Å². The second-order valence-electron chi connectivity index (χ2n) is 10.1. The lowest BCUT2D eigenvalue weighted by atomic mass is 9.71. The smallest absolute Gasteiger partial charge is 0.226 e. The van der Waals surface area contributed by atoms with Crippen LogP contribution in [0, 0.1) is 5.92 Å². The van der Waals surface area contributed by atoms with Crippen molar-refractivity contribution < 1.29 is 23.8 Å². The Hall–Kier alpha value is -2.90. The fourth-order valence-electron chi connectivity index (χ4n) is 5.62. The summed E-state index contributed by atoms with van der Waals surface area (Å²) in [5.41, 5.74) is 3.01. The molecule has 7 heteroatoms. The van der Waals surface area contributed by atoms with Crippen LogP contribution in [-0.4, -0.2) is 63.3 Å². The van der Waals surface area contributed by atoms with Gasteiger partial charge in [0.05, 0.1) is 38.9 Å². The maximum absolute atomic E-state index is 13.2. The van der Waals surface area contributed by atoms with Gasteiger partial charge in [-0.2, -0.15) is 0 Å². The van der Waals surface area contributed by atoms with E-state index >= 15 is 0 Å². The molecule has 0 unspecified atom stereocenters. The van der Waals surface area contributed by atoms with Crippen LogP contribution in [-0.2, 0) is 30.9 Å². The van der Waals surface area contributed by atoms with Crippen LogP contribution in [0.1, 0.15) is 49.4 Å². The molecule has 0 saturated carbocycles. The molecule has 1 aliphatic carbocycles. The van der Waals surface area contributed by atoms with Gasteiger partial charge < -0.3 is 24.4 Å². The van der Waals surface area contributed by atoms with Crippen molar-refractivity contribution in [3.05, 3.63) is 65.2 Å². The van der Waals surface area contributed by atoms with Crippen molar-refractivity contribution in [1.82, 2.24) is 10.2 Å². The number of hydrogen-bond acceptors (Lipinski definition) is 5. The molecular weight excluding hydrogens is 456 g/mol. The van der Waals surface area contributed by atoms with Gasteiger partial charge in [0.1, 0.15) is 5.75 Å². The molecule has 2 aliphatic rings. The first-order valence-corrected chi connectivity index (χ1v) is 12.8. The SMILES string of the molecule is COCCO[C@@H]1[C@@H](NC(=O)C(C)C)c2ccccc2C12CCN(C(=O)Cc1cccc(OC)c1)CC2. The molecule has 7 nitrogen and oxygen atoms in total. The average Bonchev–Trinajstić information content (AvgIpc) is 3.13. The number of hydrogen-bond donors (Lipinski definition) is 1. The molecule has 0 bridgehead atoms. The van der Waals surface area contributed by atoms with E-state index in [2.05, 4.69) is 23.5 Å². The Kier molecular flexibility index (Phi) is 8.32. The van der Waals surface area contributed by atoms with E-state index in [9.17, 15) is 9.59 Å². The number of amides is 2. The molecule has 0 aromatic heterocycles. The number of benzene rings is 2. The van der Waals surface area contributed by atoms with Gasteiger partial charge in [-0.25, -0.2) is 0 Å². The summed E-state index contributed by atoms with van der Waals surface area (Å²) in [6.07, 6.45) is 1.68. The second kappa shape index (κ2) is 11.4. The van der Waals surface area contributed by atoms with Crippen LogP contribution in [0.15, 0.2) is 48.5 Å². The van der Waals surface area contributed by atoms with E-state index in [0.717, 1.165) is 29.7 Å². The second-order valence-corrected chi connectivity index (χ2v) is 10.1. The minimum atomic E-state index is -0.272. The Bertz CT molecular complexity index is 1060. The molecule has 4 rings (SSSR count). The summed E-state index contributed by atoms with van der Waals surface area (Å²) in [5, 5.41) is 3.26. The molecule has 2 atom stereocenters. The molecular formula is C29H38N2O5. The average molecular weight is 495 g/mol. The van der Waals surface area contributed by atoms with Crippen molar-refractivity contribution in [3.63, 3.8) is 0 Å². The van der Waals surface area contributed by atoms with Crippen LogP contribution < -0.4 is 10.1 Å². The first-order valence-electron chi connectivity index (χ1n) is 12.8. The van der Waals surface area contributed by atoms with Crippen molar-refractivity contribution in [2.24, 2.45) is 5.92 Å². The van der Waals surface area contributed by atoms with Crippen LogP contribution in [0.2, 0.25) is 0 Å². The maximum Gasteiger partial charge on any atom is 0.226 e. The number of likely N-dealkylation sites (tertiary alicyclic amines) is 1. The van der Waals surface area contributed by atoms with Crippen molar-refractivity contribution in [2.45, 2.75) is 50.7 Å². The normalized spacial score (nSPS) is 20.4. The van der Waals surface area contributed by atoms with E-state index in [-0.39, 0.29) is 35.3 Å². The Balaban J connectivity index is 1.55. The molecule has 2 amide bonds. The van der Waals surface area contributed by atoms with Gasteiger partial charge in [0.2, 0.25) is 11.8 Å². The van der Waals surface area contributed by atoms with Crippen LogP contribution in [0.25, 0.3) is 0 Å². The molecule has 1 saturated heterocycles. The molecule has 0 radical (unpaired) electrons. The van der Waals surface area contributed by atoms with E-state index in [1.165, 1.54) is 5.56 Å². The largest absolute Gasteiger partial charge is 0.497 e. The van der Waals surface area contributed by atoms with Crippen molar-refractivity contribution >= 4 is 11.8 Å². The fourth-order valence-corrected chi connectivity index (χ4v) is 5.62. The predicted octanol–water partition coefficient (Wildman–Crippen LogP) is 3.66. The van der Waals surface area contributed by atoms with E-state index in [4.69, 9.17) is 14.2 Å². The van der Waals surface area contributed by atoms with Crippen LogP contribution >= 0.6 is 0 Å². The van der Waals surface area contributed by atoms with Gasteiger partial charge in [-0.05, 0) is 41.7 Å². The maximum atomic E-state index is 13.2. The Labute approximate surface area is 214 Å². The summed E-state index contributed by atoms with van der Waals surface area (Å²) < 4.78 is 17.0.